The molecule has 2 heterocycles. The van der Waals surface area contributed by atoms with Crippen molar-refractivity contribution in [2.45, 2.75) is 31.7 Å². The maximum atomic E-state index is 11.6. The number of halogens is 1. The van der Waals surface area contributed by atoms with E-state index < -0.39 is 9.05 Å². The molecule has 0 saturated carbocycles. The summed E-state index contributed by atoms with van der Waals surface area (Å²) in [7, 11) is 1.69. The summed E-state index contributed by atoms with van der Waals surface area (Å²) in [6.07, 6.45) is 1.66. The van der Waals surface area contributed by atoms with Crippen LogP contribution in [0.2, 0.25) is 0 Å². The lowest BCUT2D eigenvalue weighted by atomic mass is 10.2. The summed E-state index contributed by atoms with van der Waals surface area (Å²) < 4.78 is 24.8. The van der Waals surface area contributed by atoms with Crippen molar-refractivity contribution in [3.63, 3.8) is 0 Å². The minimum absolute atomic E-state index is 0.00201. The fourth-order valence-electron chi connectivity index (χ4n) is 1.82. The summed E-state index contributed by atoms with van der Waals surface area (Å²) in [6, 6.07) is 3.66. The number of pyridine rings is 1. The Morgan fingerprint density at radius 1 is 1.41 bits per heavy atom. The fourth-order valence-corrected chi connectivity index (χ4v) is 3.19. The molecule has 0 aromatic carbocycles. The maximum absolute atomic E-state index is 11.6. The number of fused-ring (bicyclic) bond motifs is 1. The molecular weight excluding hydrogens is 260 g/mol. The molecule has 4 nitrogen and oxygen atoms in total. The zero-order valence-corrected chi connectivity index (χ0v) is 11.4. The number of hydrogen-bond acceptors (Lipinski definition) is 3. The van der Waals surface area contributed by atoms with Crippen molar-refractivity contribution in [1.29, 1.82) is 0 Å². The van der Waals surface area contributed by atoms with Gasteiger partial charge in [0.1, 0.15) is 5.65 Å². The van der Waals surface area contributed by atoms with Crippen LogP contribution in [0.1, 0.15) is 31.0 Å². The standard InChI is InChI=1S/C11H13ClN2O2S/c1-7(2)9-11(17(12,15)16)14-6-4-5-8(3)10(14)13-9/h4-7H,1-3H3. The van der Waals surface area contributed by atoms with Gasteiger partial charge in [-0.05, 0) is 24.5 Å². The van der Waals surface area contributed by atoms with Gasteiger partial charge in [-0.1, -0.05) is 19.9 Å². The van der Waals surface area contributed by atoms with Gasteiger partial charge in [0.15, 0.2) is 5.03 Å². The molecule has 0 aliphatic heterocycles. The lowest BCUT2D eigenvalue weighted by molar-refractivity contribution is 0.601. The molecule has 0 aliphatic carbocycles. The lowest BCUT2D eigenvalue weighted by Gasteiger charge is -2.03. The van der Waals surface area contributed by atoms with Gasteiger partial charge in [-0.3, -0.25) is 4.40 Å². The smallest absolute Gasteiger partial charge is 0.279 e. The number of imidazole rings is 1. The van der Waals surface area contributed by atoms with E-state index in [-0.39, 0.29) is 10.9 Å². The van der Waals surface area contributed by atoms with Crippen LogP contribution in [0, 0.1) is 6.92 Å². The van der Waals surface area contributed by atoms with Crippen molar-refractivity contribution in [3.05, 3.63) is 29.6 Å². The van der Waals surface area contributed by atoms with Gasteiger partial charge in [-0.25, -0.2) is 13.4 Å². The first-order valence-corrected chi connectivity index (χ1v) is 7.55. The van der Waals surface area contributed by atoms with Crippen LogP contribution in [-0.2, 0) is 9.05 Å². The van der Waals surface area contributed by atoms with Crippen LogP contribution in [0.3, 0.4) is 0 Å². The Hall–Kier alpha value is -1.07. The SMILES string of the molecule is Cc1cccn2c(S(=O)(=O)Cl)c(C(C)C)nc12. The van der Waals surface area contributed by atoms with Crippen molar-refractivity contribution < 1.29 is 8.42 Å². The topological polar surface area (TPSA) is 51.4 Å². The Morgan fingerprint density at radius 3 is 2.59 bits per heavy atom. The quantitative estimate of drug-likeness (QED) is 0.790. The van der Waals surface area contributed by atoms with Crippen molar-refractivity contribution in [3.8, 4) is 0 Å². The van der Waals surface area contributed by atoms with E-state index in [1.807, 2.05) is 26.8 Å². The first kappa shape index (κ1) is 12.4. The number of hydrogen-bond donors (Lipinski definition) is 0. The molecule has 0 aliphatic rings. The Kier molecular flexibility index (Phi) is 2.91. The van der Waals surface area contributed by atoms with E-state index in [4.69, 9.17) is 10.7 Å². The van der Waals surface area contributed by atoms with Gasteiger partial charge in [0.2, 0.25) is 0 Å². The molecule has 0 amide bonds. The summed E-state index contributed by atoms with van der Waals surface area (Å²) in [6.45, 7) is 5.67. The third-order valence-electron chi connectivity index (χ3n) is 2.60. The predicted molar refractivity (Wildman–Crippen MR) is 67.1 cm³/mol. The molecule has 0 spiro atoms. The second-order valence-corrected chi connectivity index (χ2v) is 6.76. The Bertz CT molecular complexity index is 674. The highest BCUT2D eigenvalue weighted by Gasteiger charge is 2.25. The number of aryl methyl sites for hydroxylation is 1. The van der Waals surface area contributed by atoms with Gasteiger partial charge in [-0.15, -0.1) is 0 Å². The van der Waals surface area contributed by atoms with Crippen LogP contribution in [0.4, 0.5) is 0 Å². The molecule has 0 bridgehead atoms. The van der Waals surface area contributed by atoms with Crippen molar-refractivity contribution in [2.75, 3.05) is 0 Å². The van der Waals surface area contributed by atoms with Crippen molar-refractivity contribution in [1.82, 2.24) is 9.38 Å². The number of nitrogens with zero attached hydrogens (tertiary/aromatic N) is 2. The lowest BCUT2D eigenvalue weighted by Crippen LogP contribution is -2.02. The largest absolute Gasteiger partial charge is 0.289 e. The van der Waals surface area contributed by atoms with Crippen LogP contribution in [-0.4, -0.2) is 17.8 Å². The van der Waals surface area contributed by atoms with Crippen molar-refractivity contribution >= 4 is 25.4 Å². The predicted octanol–water partition coefficient (Wildman–Crippen LogP) is 2.69. The summed E-state index contributed by atoms with van der Waals surface area (Å²) >= 11 is 0. The molecule has 0 unspecified atom stereocenters. The summed E-state index contributed by atoms with van der Waals surface area (Å²) in [5.74, 6) is -0.00201. The van der Waals surface area contributed by atoms with Crippen LogP contribution in [0.5, 0.6) is 0 Å². The zero-order valence-electron chi connectivity index (χ0n) is 9.81. The van der Waals surface area contributed by atoms with Gasteiger partial charge in [0.05, 0.1) is 5.69 Å². The average molecular weight is 273 g/mol. The summed E-state index contributed by atoms with van der Waals surface area (Å²) in [5.41, 5.74) is 2.06. The summed E-state index contributed by atoms with van der Waals surface area (Å²) in [5, 5.41) is 0.0767. The molecule has 6 heteroatoms. The highest BCUT2D eigenvalue weighted by atomic mass is 35.7. The molecule has 0 saturated heterocycles. The Morgan fingerprint density at radius 2 is 2.06 bits per heavy atom. The van der Waals surface area contributed by atoms with Crippen LogP contribution in [0.25, 0.3) is 5.65 Å². The maximum Gasteiger partial charge on any atom is 0.279 e. The molecular formula is C11H13ClN2O2S. The Balaban J connectivity index is 2.96. The minimum Gasteiger partial charge on any atom is -0.289 e. The normalized spacial score (nSPS) is 12.5. The van der Waals surface area contributed by atoms with Crippen LogP contribution in [0.15, 0.2) is 23.4 Å². The number of aromatic nitrogens is 2. The first-order valence-electron chi connectivity index (χ1n) is 5.24. The Labute approximate surface area is 105 Å². The zero-order chi connectivity index (χ0) is 12.8. The summed E-state index contributed by atoms with van der Waals surface area (Å²) in [4.78, 5) is 4.38. The second kappa shape index (κ2) is 3.99. The van der Waals surface area contributed by atoms with E-state index in [2.05, 4.69) is 4.98 Å². The van der Waals surface area contributed by atoms with Gasteiger partial charge < -0.3 is 0 Å². The molecule has 0 radical (unpaired) electrons. The van der Waals surface area contributed by atoms with E-state index >= 15 is 0 Å². The molecule has 2 aromatic rings. The highest BCUT2D eigenvalue weighted by molar-refractivity contribution is 8.13. The molecule has 0 N–H and O–H groups in total. The average Bonchev–Trinajstić information content (AvgIpc) is 2.57. The van der Waals surface area contributed by atoms with Gasteiger partial charge in [-0.2, -0.15) is 0 Å². The van der Waals surface area contributed by atoms with E-state index in [1.165, 1.54) is 4.40 Å². The van der Waals surface area contributed by atoms with Crippen LogP contribution >= 0.6 is 10.7 Å². The van der Waals surface area contributed by atoms with Crippen molar-refractivity contribution in [2.24, 2.45) is 0 Å². The third-order valence-corrected chi connectivity index (χ3v) is 3.91. The minimum atomic E-state index is -3.81. The van der Waals surface area contributed by atoms with E-state index in [9.17, 15) is 8.42 Å². The van der Waals surface area contributed by atoms with Gasteiger partial charge in [0, 0.05) is 16.9 Å². The van der Waals surface area contributed by atoms with Gasteiger partial charge >= 0.3 is 0 Å². The molecule has 2 aromatic heterocycles. The first-order chi connectivity index (χ1) is 7.82. The fraction of sp³-hybridized carbons (Fsp3) is 0.364. The highest BCUT2D eigenvalue weighted by Crippen LogP contribution is 2.28. The second-order valence-electron chi connectivity index (χ2n) is 4.28. The molecule has 2 rings (SSSR count). The van der Waals surface area contributed by atoms with Gasteiger partial charge in [0.25, 0.3) is 9.05 Å². The third kappa shape index (κ3) is 2.05. The monoisotopic (exact) mass is 272 g/mol. The van der Waals surface area contributed by atoms with E-state index in [1.54, 1.807) is 12.3 Å². The van der Waals surface area contributed by atoms with E-state index in [0.29, 0.717) is 11.3 Å². The molecule has 0 atom stereocenters. The van der Waals surface area contributed by atoms with E-state index in [0.717, 1.165) is 5.56 Å². The number of rotatable bonds is 2. The molecule has 17 heavy (non-hydrogen) atoms. The molecule has 92 valence electrons. The van der Waals surface area contributed by atoms with Crippen LogP contribution < -0.4 is 0 Å². The molecule has 0 fully saturated rings.